The zero-order valence-electron chi connectivity index (χ0n) is 15.1. The minimum atomic E-state index is -0.284. The summed E-state index contributed by atoms with van der Waals surface area (Å²) in [6.07, 6.45) is 2.44. The van der Waals surface area contributed by atoms with Crippen molar-refractivity contribution in [3.63, 3.8) is 0 Å². The molecule has 0 saturated carbocycles. The minimum Gasteiger partial charge on any atom is -0.375 e. The molecule has 128 valence electrons. The molecule has 0 spiro atoms. The van der Waals surface area contributed by atoms with Gasteiger partial charge in [-0.2, -0.15) is 0 Å². The number of anilines is 1. The summed E-state index contributed by atoms with van der Waals surface area (Å²) in [6.45, 7) is 10.6. The second-order valence-corrected chi connectivity index (χ2v) is 7.20. The summed E-state index contributed by atoms with van der Waals surface area (Å²) >= 11 is 0. The highest BCUT2D eigenvalue weighted by Crippen LogP contribution is 2.23. The molecule has 0 aromatic heterocycles. The van der Waals surface area contributed by atoms with Crippen molar-refractivity contribution in [2.24, 2.45) is 0 Å². The van der Waals surface area contributed by atoms with Gasteiger partial charge in [-0.25, -0.2) is 0 Å². The number of morpholine rings is 1. The summed E-state index contributed by atoms with van der Waals surface area (Å²) in [5, 5.41) is 0. The van der Waals surface area contributed by atoms with E-state index in [2.05, 4.69) is 18.9 Å². The number of hydrogen-bond donors (Lipinski definition) is 0. The average Bonchev–Trinajstić information content (AvgIpc) is 2.50. The molecule has 1 atom stereocenters. The summed E-state index contributed by atoms with van der Waals surface area (Å²) in [4.78, 5) is 16.9. The summed E-state index contributed by atoms with van der Waals surface area (Å²) < 4.78 is 5.88. The zero-order valence-corrected chi connectivity index (χ0v) is 15.1. The van der Waals surface area contributed by atoms with Crippen LogP contribution in [0.5, 0.6) is 0 Å². The number of carbonyl (C=O) groups excluding carboxylic acids is 1. The predicted octanol–water partition coefficient (Wildman–Crippen LogP) is 3.56. The Morgan fingerprint density at radius 2 is 2.00 bits per heavy atom. The van der Waals surface area contributed by atoms with Gasteiger partial charge in [-0.1, -0.05) is 13.3 Å². The van der Waals surface area contributed by atoms with E-state index in [-0.39, 0.29) is 17.6 Å². The fourth-order valence-electron chi connectivity index (χ4n) is 3.17. The van der Waals surface area contributed by atoms with Crippen molar-refractivity contribution < 1.29 is 9.53 Å². The smallest absolute Gasteiger partial charge is 0.254 e. The van der Waals surface area contributed by atoms with Gasteiger partial charge in [-0.3, -0.25) is 4.79 Å². The molecule has 1 aliphatic rings. The molecule has 1 unspecified atom stereocenters. The first-order valence-corrected chi connectivity index (χ1v) is 8.60. The molecule has 4 nitrogen and oxygen atoms in total. The van der Waals surface area contributed by atoms with Gasteiger partial charge in [0.05, 0.1) is 11.7 Å². The van der Waals surface area contributed by atoms with E-state index in [0.717, 1.165) is 17.8 Å². The van der Waals surface area contributed by atoms with Gasteiger partial charge in [-0.15, -0.1) is 0 Å². The summed E-state index contributed by atoms with van der Waals surface area (Å²) in [5.74, 6) is 0.0935. The second kappa shape index (κ2) is 7.35. The number of benzene rings is 1. The number of ether oxygens (including phenoxy) is 1. The Labute approximate surface area is 140 Å². The maximum absolute atomic E-state index is 12.7. The number of nitrogens with zero attached hydrogens (tertiary/aromatic N) is 2. The minimum absolute atomic E-state index is 0.0714. The van der Waals surface area contributed by atoms with Crippen molar-refractivity contribution in [1.29, 1.82) is 0 Å². The average molecular weight is 318 g/mol. The normalized spacial score (nSPS) is 20.4. The lowest BCUT2D eigenvalue weighted by molar-refractivity contribution is -0.118. The lowest BCUT2D eigenvalue weighted by atomic mass is 10.0. The topological polar surface area (TPSA) is 32.8 Å². The van der Waals surface area contributed by atoms with Gasteiger partial charge < -0.3 is 14.5 Å². The molecule has 23 heavy (non-hydrogen) atoms. The van der Waals surface area contributed by atoms with Crippen molar-refractivity contribution in [2.45, 2.75) is 52.2 Å². The van der Waals surface area contributed by atoms with E-state index in [1.807, 2.05) is 49.9 Å². The zero-order chi connectivity index (χ0) is 17.0. The van der Waals surface area contributed by atoms with Crippen molar-refractivity contribution >= 4 is 11.6 Å². The second-order valence-electron chi connectivity index (χ2n) is 7.20. The fraction of sp³-hybridized carbons (Fsp3) is 0.632. The van der Waals surface area contributed by atoms with E-state index in [1.165, 1.54) is 12.8 Å². The maximum atomic E-state index is 12.7. The lowest BCUT2D eigenvalue weighted by Crippen LogP contribution is -2.53. The van der Waals surface area contributed by atoms with Crippen molar-refractivity contribution in [3.05, 3.63) is 29.8 Å². The van der Waals surface area contributed by atoms with Crippen LogP contribution >= 0.6 is 0 Å². The molecule has 1 fully saturated rings. The number of carbonyl (C=O) groups is 1. The molecule has 1 saturated heterocycles. The molecule has 1 amide bonds. The maximum Gasteiger partial charge on any atom is 0.254 e. The quantitative estimate of drug-likeness (QED) is 0.832. The highest BCUT2D eigenvalue weighted by molar-refractivity contribution is 5.94. The summed E-state index contributed by atoms with van der Waals surface area (Å²) in [6, 6.07) is 7.95. The standard InChI is InChI=1S/C19H30N2O2/c1-6-7-12-20(5)17-10-8-16(9-11-17)18(22)21-13-15(2)23-19(3,4)14-21/h8-11,15H,6-7,12-14H2,1-5H3. The molecular formula is C19H30N2O2. The summed E-state index contributed by atoms with van der Waals surface area (Å²) in [7, 11) is 2.10. The third-order valence-electron chi connectivity index (χ3n) is 4.26. The van der Waals surface area contributed by atoms with Gasteiger partial charge in [0.2, 0.25) is 0 Å². The van der Waals surface area contributed by atoms with Gasteiger partial charge in [-0.05, 0) is 51.5 Å². The van der Waals surface area contributed by atoms with Crippen molar-refractivity contribution in [1.82, 2.24) is 4.90 Å². The number of amides is 1. The fourth-order valence-corrected chi connectivity index (χ4v) is 3.17. The molecule has 0 radical (unpaired) electrons. The lowest BCUT2D eigenvalue weighted by Gasteiger charge is -2.41. The Bertz CT molecular complexity index is 525. The molecule has 0 aliphatic carbocycles. The van der Waals surface area contributed by atoms with Gasteiger partial charge in [0.1, 0.15) is 0 Å². The van der Waals surface area contributed by atoms with Crippen LogP contribution < -0.4 is 4.90 Å². The van der Waals surface area contributed by atoms with Gasteiger partial charge in [0, 0.05) is 37.9 Å². The van der Waals surface area contributed by atoms with Crippen molar-refractivity contribution in [3.8, 4) is 0 Å². The highest BCUT2D eigenvalue weighted by Gasteiger charge is 2.33. The van der Waals surface area contributed by atoms with Crippen LogP contribution in [-0.4, -0.2) is 49.2 Å². The van der Waals surface area contributed by atoms with Crippen LogP contribution in [0.2, 0.25) is 0 Å². The Kier molecular flexibility index (Phi) is 5.69. The van der Waals surface area contributed by atoms with Crippen molar-refractivity contribution in [2.75, 3.05) is 31.6 Å². The Morgan fingerprint density at radius 3 is 2.57 bits per heavy atom. The number of hydrogen-bond acceptors (Lipinski definition) is 3. The molecule has 0 N–H and O–H groups in total. The van der Waals surface area contributed by atoms with E-state index in [1.54, 1.807) is 0 Å². The molecule has 2 rings (SSSR count). The van der Waals surface area contributed by atoms with E-state index >= 15 is 0 Å². The van der Waals surface area contributed by atoms with E-state index in [0.29, 0.717) is 13.1 Å². The Balaban J connectivity index is 2.05. The van der Waals surface area contributed by atoms with Gasteiger partial charge in [0.15, 0.2) is 0 Å². The third-order valence-corrected chi connectivity index (χ3v) is 4.26. The first-order chi connectivity index (χ1) is 10.8. The SMILES string of the molecule is CCCCN(C)c1ccc(C(=O)N2CC(C)OC(C)(C)C2)cc1. The summed E-state index contributed by atoms with van der Waals surface area (Å²) in [5.41, 5.74) is 1.63. The van der Waals surface area contributed by atoms with Gasteiger partial charge >= 0.3 is 0 Å². The molecule has 1 aliphatic heterocycles. The highest BCUT2D eigenvalue weighted by atomic mass is 16.5. The van der Waals surface area contributed by atoms with E-state index in [9.17, 15) is 4.79 Å². The first-order valence-electron chi connectivity index (χ1n) is 8.60. The molecule has 0 bridgehead atoms. The number of rotatable bonds is 5. The molecule has 1 aromatic carbocycles. The van der Waals surface area contributed by atoms with Crippen LogP contribution in [0.4, 0.5) is 5.69 Å². The van der Waals surface area contributed by atoms with Crippen LogP contribution in [0, 0.1) is 0 Å². The number of unbranched alkanes of at least 4 members (excludes halogenated alkanes) is 1. The van der Waals surface area contributed by atoms with E-state index < -0.39 is 0 Å². The Morgan fingerprint density at radius 1 is 1.35 bits per heavy atom. The third kappa shape index (κ3) is 4.71. The van der Waals surface area contributed by atoms with Crippen LogP contribution in [0.25, 0.3) is 0 Å². The van der Waals surface area contributed by atoms with Crippen LogP contribution in [0.1, 0.15) is 50.9 Å². The molecule has 1 aromatic rings. The Hall–Kier alpha value is -1.55. The first kappa shape index (κ1) is 17.8. The predicted molar refractivity (Wildman–Crippen MR) is 95.1 cm³/mol. The molecular weight excluding hydrogens is 288 g/mol. The monoisotopic (exact) mass is 318 g/mol. The van der Waals surface area contributed by atoms with Crippen LogP contribution in [-0.2, 0) is 4.74 Å². The van der Waals surface area contributed by atoms with Gasteiger partial charge in [0.25, 0.3) is 5.91 Å². The van der Waals surface area contributed by atoms with Crippen LogP contribution in [0.3, 0.4) is 0 Å². The molecule has 4 heteroatoms. The largest absolute Gasteiger partial charge is 0.375 e. The van der Waals surface area contributed by atoms with Crippen LogP contribution in [0.15, 0.2) is 24.3 Å². The molecule has 1 heterocycles. The van der Waals surface area contributed by atoms with E-state index in [4.69, 9.17) is 4.74 Å².